The Kier molecular flexibility index (Phi) is 8.05. The van der Waals surface area contributed by atoms with E-state index >= 15 is 0 Å². The van der Waals surface area contributed by atoms with Gasteiger partial charge in [0.05, 0.1) is 6.54 Å². The molecule has 118 valence electrons. The number of nitrogens with zero attached hydrogens (tertiary/aromatic N) is 1. The first-order valence-electron chi connectivity index (χ1n) is 7.93. The lowest BCUT2D eigenvalue weighted by Gasteiger charge is -2.31. The van der Waals surface area contributed by atoms with Gasteiger partial charge in [0.1, 0.15) is 0 Å². The molecule has 0 spiro atoms. The summed E-state index contributed by atoms with van der Waals surface area (Å²) in [5, 5.41) is 0. The van der Waals surface area contributed by atoms with E-state index in [1.165, 1.54) is 4.90 Å². The van der Waals surface area contributed by atoms with Gasteiger partial charge in [-0.25, -0.2) is 0 Å². The molecule has 0 aromatic heterocycles. The third kappa shape index (κ3) is 5.84. The van der Waals surface area contributed by atoms with Gasteiger partial charge < -0.3 is 0 Å². The van der Waals surface area contributed by atoms with Crippen LogP contribution in [0.2, 0.25) is 0 Å². The van der Waals surface area contributed by atoms with Crippen molar-refractivity contribution in [1.29, 1.82) is 0 Å². The molecule has 1 aromatic rings. The molecule has 0 atom stereocenters. The predicted octanol–water partition coefficient (Wildman–Crippen LogP) is 4.74. The van der Waals surface area contributed by atoms with E-state index in [1.54, 1.807) is 11.8 Å². The van der Waals surface area contributed by atoms with Crippen LogP contribution < -0.4 is 0 Å². The number of rotatable bonds is 9. The minimum absolute atomic E-state index is 0.232. The van der Waals surface area contributed by atoms with Crippen LogP contribution in [0.15, 0.2) is 29.2 Å². The van der Waals surface area contributed by atoms with Crippen molar-refractivity contribution in [2.24, 2.45) is 5.92 Å². The van der Waals surface area contributed by atoms with Crippen molar-refractivity contribution in [1.82, 2.24) is 4.90 Å². The zero-order valence-corrected chi connectivity index (χ0v) is 14.9. The van der Waals surface area contributed by atoms with Crippen LogP contribution in [0.4, 0.5) is 0 Å². The summed E-state index contributed by atoms with van der Waals surface area (Å²) in [6.45, 7) is 10.4. The van der Waals surface area contributed by atoms with Gasteiger partial charge in [-0.2, -0.15) is 0 Å². The van der Waals surface area contributed by atoms with E-state index in [-0.39, 0.29) is 5.78 Å². The minimum Gasteiger partial charge on any atom is -0.293 e. The second-order valence-corrected chi connectivity index (χ2v) is 6.82. The van der Waals surface area contributed by atoms with Crippen molar-refractivity contribution in [2.75, 3.05) is 19.3 Å². The standard InChI is InChI=1S/C18H29NOS/c1-6-16(7-2)19(12-14(3)4)13-18(20)15-8-10-17(21-5)11-9-15/h8-11,14,16H,6-7,12-13H2,1-5H3. The first-order valence-corrected chi connectivity index (χ1v) is 9.15. The van der Waals surface area contributed by atoms with Crippen molar-refractivity contribution in [2.45, 2.75) is 51.5 Å². The molecule has 0 bridgehead atoms. The summed E-state index contributed by atoms with van der Waals surface area (Å²) >= 11 is 1.70. The molecular formula is C18H29NOS. The largest absolute Gasteiger partial charge is 0.293 e. The Morgan fingerprint density at radius 3 is 2.14 bits per heavy atom. The SMILES string of the molecule is CCC(CC)N(CC(=O)c1ccc(SC)cc1)CC(C)C. The van der Waals surface area contributed by atoms with Crippen molar-refractivity contribution in [3.8, 4) is 0 Å². The van der Waals surface area contributed by atoms with Crippen LogP contribution in [0.25, 0.3) is 0 Å². The molecule has 0 aliphatic heterocycles. The molecule has 0 aliphatic rings. The average molecular weight is 308 g/mol. The summed E-state index contributed by atoms with van der Waals surface area (Å²) in [7, 11) is 0. The maximum Gasteiger partial charge on any atom is 0.176 e. The lowest BCUT2D eigenvalue weighted by atomic mass is 10.0. The van der Waals surface area contributed by atoms with Gasteiger partial charge in [0.15, 0.2) is 5.78 Å². The van der Waals surface area contributed by atoms with E-state index < -0.39 is 0 Å². The molecule has 0 aliphatic carbocycles. The van der Waals surface area contributed by atoms with Crippen molar-refractivity contribution >= 4 is 17.5 Å². The number of Topliss-reactive ketones (excluding diaryl/α,β-unsaturated/α-hetero) is 1. The molecule has 21 heavy (non-hydrogen) atoms. The number of hydrogen-bond acceptors (Lipinski definition) is 3. The fraction of sp³-hybridized carbons (Fsp3) is 0.611. The van der Waals surface area contributed by atoms with Gasteiger partial charge in [-0.3, -0.25) is 9.69 Å². The summed E-state index contributed by atoms with van der Waals surface area (Å²) in [4.78, 5) is 16.1. The number of ketones is 1. The highest BCUT2D eigenvalue weighted by Crippen LogP contribution is 2.17. The van der Waals surface area contributed by atoms with Gasteiger partial charge in [0.2, 0.25) is 0 Å². The van der Waals surface area contributed by atoms with E-state index in [9.17, 15) is 4.79 Å². The fourth-order valence-corrected chi connectivity index (χ4v) is 3.08. The first-order chi connectivity index (χ1) is 10.0. The molecule has 0 unspecified atom stereocenters. The Labute approximate surface area is 134 Å². The van der Waals surface area contributed by atoms with Crippen LogP contribution in [0.1, 0.15) is 50.9 Å². The van der Waals surface area contributed by atoms with Gasteiger partial charge in [-0.15, -0.1) is 11.8 Å². The number of carbonyl (C=O) groups is 1. The Morgan fingerprint density at radius 2 is 1.71 bits per heavy atom. The van der Waals surface area contributed by atoms with E-state index in [2.05, 4.69) is 32.6 Å². The highest BCUT2D eigenvalue weighted by molar-refractivity contribution is 7.98. The molecule has 3 heteroatoms. The Morgan fingerprint density at radius 1 is 1.14 bits per heavy atom. The maximum absolute atomic E-state index is 12.5. The Balaban J connectivity index is 2.78. The molecule has 0 heterocycles. The lowest BCUT2D eigenvalue weighted by Crippen LogP contribution is -2.40. The molecule has 0 saturated heterocycles. The quantitative estimate of drug-likeness (QED) is 0.485. The third-order valence-electron chi connectivity index (χ3n) is 3.82. The lowest BCUT2D eigenvalue weighted by molar-refractivity contribution is 0.0866. The van der Waals surface area contributed by atoms with Gasteiger partial charge in [0.25, 0.3) is 0 Å². The number of thioether (sulfide) groups is 1. The average Bonchev–Trinajstić information content (AvgIpc) is 2.47. The van der Waals surface area contributed by atoms with Gasteiger partial charge in [-0.05, 0) is 37.1 Å². The molecule has 0 amide bonds. The minimum atomic E-state index is 0.232. The predicted molar refractivity (Wildman–Crippen MR) is 93.3 cm³/mol. The van der Waals surface area contributed by atoms with Crippen molar-refractivity contribution < 1.29 is 4.79 Å². The van der Waals surface area contributed by atoms with E-state index in [1.807, 2.05) is 30.5 Å². The topological polar surface area (TPSA) is 20.3 Å². The van der Waals surface area contributed by atoms with Gasteiger partial charge in [0, 0.05) is 23.0 Å². The molecule has 0 radical (unpaired) electrons. The Hall–Kier alpha value is -0.800. The summed E-state index contributed by atoms with van der Waals surface area (Å²) in [6, 6.07) is 8.47. The van der Waals surface area contributed by atoms with E-state index in [0.29, 0.717) is 18.5 Å². The van der Waals surface area contributed by atoms with Crippen LogP contribution in [0.5, 0.6) is 0 Å². The normalized spacial score (nSPS) is 11.6. The molecule has 0 fully saturated rings. The fourth-order valence-electron chi connectivity index (χ4n) is 2.67. The second kappa shape index (κ2) is 9.26. The second-order valence-electron chi connectivity index (χ2n) is 5.95. The molecule has 0 saturated carbocycles. The zero-order chi connectivity index (χ0) is 15.8. The maximum atomic E-state index is 12.5. The van der Waals surface area contributed by atoms with Crippen LogP contribution in [-0.2, 0) is 0 Å². The summed E-state index contributed by atoms with van der Waals surface area (Å²) in [5.41, 5.74) is 0.826. The molecule has 1 aromatic carbocycles. The van der Waals surface area contributed by atoms with Crippen LogP contribution in [0, 0.1) is 5.92 Å². The first kappa shape index (κ1) is 18.2. The van der Waals surface area contributed by atoms with Crippen LogP contribution >= 0.6 is 11.8 Å². The molecule has 1 rings (SSSR count). The van der Waals surface area contributed by atoms with Gasteiger partial charge >= 0.3 is 0 Å². The zero-order valence-electron chi connectivity index (χ0n) is 14.1. The summed E-state index contributed by atoms with van der Waals surface area (Å²) in [6.07, 6.45) is 4.25. The highest BCUT2D eigenvalue weighted by atomic mass is 32.2. The van der Waals surface area contributed by atoms with E-state index in [4.69, 9.17) is 0 Å². The third-order valence-corrected chi connectivity index (χ3v) is 4.56. The van der Waals surface area contributed by atoms with E-state index in [0.717, 1.165) is 24.9 Å². The molecular weight excluding hydrogens is 278 g/mol. The van der Waals surface area contributed by atoms with Gasteiger partial charge in [-0.1, -0.05) is 39.8 Å². The number of hydrogen-bond donors (Lipinski definition) is 0. The molecule has 2 nitrogen and oxygen atoms in total. The van der Waals surface area contributed by atoms with Crippen LogP contribution in [-0.4, -0.2) is 36.1 Å². The van der Waals surface area contributed by atoms with Crippen molar-refractivity contribution in [3.05, 3.63) is 29.8 Å². The van der Waals surface area contributed by atoms with Crippen molar-refractivity contribution in [3.63, 3.8) is 0 Å². The highest BCUT2D eigenvalue weighted by Gasteiger charge is 2.20. The smallest absolute Gasteiger partial charge is 0.176 e. The number of carbonyl (C=O) groups excluding carboxylic acids is 1. The van der Waals surface area contributed by atoms with Crippen LogP contribution in [0.3, 0.4) is 0 Å². The number of benzene rings is 1. The molecule has 0 N–H and O–H groups in total. The Bertz CT molecular complexity index is 423. The summed E-state index contributed by atoms with van der Waals surface area (Å²) < 4.78 is 0. The monoisotopic (exact) mass is 307 g/mol. The summed E-state index contributed by atoms with van der Waals surface area (Å²) in [5.74, 6) is 0.812.